The molecule has 2 unspecified atom stereocenters. The molecule has 0 saturated carbocycles. The van der Waals surface area contributed by atoms with Gasteiger partial charge in [-0.25, -0.2) is 0 Å². The second-order valence-electron chi connectivity index (χ2n) is 5.91. The van der Waals surface area contributed by atoms with Crippen molar-refractivity contribution in [3.05, 3.63) is 35.9 Å². The molecule has 1 aliphatic rings. The van der Waals surface area contributed by atoms with E-state index in [9.17, 15) is 0 Å². The number of nitrogens with two attached hydrogens (primary N) is 1. The fourth-order valence-electron chi connectivity index (χ4n) is 2.98. The fourth-order valence-corrected chi connectivity index (χ4v) is 2.98. The van der Waals surface area contributed by atoms with Crippen LogP contribution in [0.4, 0.5) is 0 Å². The van der Waals surface area contributed by atoms with Crippen molar-refractivity contribution in [3.8, 4) is 0 Å². The molecule has 2 rings (SSSR count). The molecule has 106 valence electrons. The van der Waals surface area contributed by atoms with Crippen LogP contribution < -0.4 is 5.73 Å². The summed E-state index contributed by atoms with van der Waals surface area (Å²) in [4.78, 5) is 4.98. The smallest absolute Gasteiger partial charge is 0.0208 e. The lowest BCUT2D eigenvalue weighted by atomic mass is 10.1. The highest BCUT2D eigenvalue weighted by Gasteiger charge is 2.21. The highest BCUT2D eigenvalue weighted by molar-refractivity contribution is 5.15. The lowest BCUT2D eigenvalue weighted by molar-refractivity contribution is 0.191. The minimum absolute atomic E-state index is 0.230. The zero-order valence-electron chi connectivity index (χ0n) is 12.3. The average Bonchev–Trinajstić information content (AvgIpc) is 2.52. The van der Waals surface area contributed by atoms with Crippen molar-refractivity contribution in [1.29, 1.82) is 0 Å². The summed E-state index contributed by atoms with van der Waals surface area (Å²) in [6, 6.07) is 11.4. The maximum atomic E-state index is 6.33. The first-order chi connectivity index (χ1) is 9.15. The molecule has 3 nitrogen and oxygen atoms in total. The highest BCUT2D eigenvalue weighted by atomic mass is 15.2. The highest BCUT2D eigenvalue weighted by Crippen LogP contribution is 2.10. The molecule has 0 bridgehead atoms. The van der Waals surface area contributed by atoms with Crippen LogP contribution in [0.3, 0.4) is 0 Å². The van der Waals surface area contributed by atoms with E-state index in [1.807, 2.05) is 0 Å². The molecular weight excluding hydrogens is 234 g/mol. The van der Waals surface area contributed by atoms with Crippen LogP contribution in [0.15, 0.2) is 30.3 Å². The summed E-state index contributed by atoms with van der Waals surface area (Å²) < 4.78 is 0. The van der Waals surface area contributed by atoms with E-state index in [1.165, 1.54) is 25.1 Å². The van der Waals surface area contributed by atoms with Crippen LogP contribution in [0.1, 0.15) is 18.9 Å². The molecule has 0 aromatic heterocycles. The molecule has 1 fully saturated rings. The van der Waals surface area contributed by atoms with Crippen molar-refractivity contribution in [2.45, 2.75) is 31.8 Å². The molecule has 0 amide bonds. The summed E-state index contributed by atoms with van der Waals surface area (Å²) in [7, 11) is 2.21. The van der Waals surface area contributed by atoms with Crippen LogP contribution in [0.5, 0.6) is 0 Å². The van der Waals surface area contributed by atoms with Gasteiger partial charge in [0.05, 0.1) is 0 Å². The SMILES string of the molecule is CC1CN(C)CCCN1CC(N)Cc1ccccc1. The van der Waals surface area contributed by atoms with E-state index in [0.717, 1.165) is 19.5 Å². The Hall–Kier alpha value is -0.900. The molecule has 0 aliphatic carbocycles. The Labute approximate surface area is 117 Å². The summed E-state index contributed by atoms with van der Waals surface area (Å²) in [5.41, 5.74) is 7.67. The van der Waals surface area contributed by atoms with Gasteiger partial charge in [0.1, 0.15) is 0 Å². The van der Waals surface area contributed by atoms with E-state index in [2.05, 4.69) is 54.1 Å². The maximum absolute atomic E-state index is 6.33. The first kappa shape index (κ1) is 14.5. The van der Waals surface area contributed by atoms with E-state index >= 15 is 0 Å². The van der Waals surface area contributed by atoms with Crippen molar-refractivity contribution in [3.63, 3.8) is 0 Å². The van der Waals surface area contributed by atoms with Crippen LogP contribution in [0.2, 0.25) is 0 Å². The Morgan fingerprint density at radius 1 is 1.26 bits per heavy atom. The molecule has 0 radical (unpaired) electrons. The van der Waals surface area contributed by atoms with E-state index < -0.39 is 0 Å². The largest absolute Gasteiger partial charge is 0.326 e. The first-order valence-electron chi connectivity index (χ1n) is 7.37. The van der Waals surface area contributed by atoms with Crippen LogP contribution in [0, 0.1) is 0 Å². The van der Waals surface area contributed by atoms with E-state index in [1.54, 1.807) is 0 Å². The molecule has 3 heteroatoms. The van der Waals surface area contributed by atoms with Crippen molar-refractivity contribution < 1.29 is 0 Å². The van der Waals surface area contributed by atoms with Gasteiger partial charge in [0, 0.05) is 25.2 Å². The van der Waals surface area contributed by atoms with Gasteiger partial charge in [-0.2, -0.15) is 0 Å². The lowest BCUT2D eigenvalue weighted by Gasteiger charge is -2.30. The average molecular weight is 261 g/mol. The molecule has 2 N–H and O–H groups in total. The van der Waals surface area contributed by atoms with Crippen LogP contribution >= 0.6 is 0 Å². The van der Waals surface area contributed by atoms with Gasteiger partial charge in [0.15, 0.2) is 0 Å². The predicted molar refractivity (Wildman–Crippen MR) is 81.3 cm³/mol. The molecule has 1 aliphatic heterocycles. The quantitative estimate of drug-likeness (QED) is 0.893. The van der Waals surface area contributed by atoms with Crippen molar-refractivity contribution >= 4 is 0 Å². The third kappa shape index (κ3) is 4.60. The van der Waals surface area contributed by atoms with Gasteiger partial charge in [0.25, 0.3) is 0 Å². The standard InChI is InChI=1S/C16H27N3/c1-14-12-18(2)9-6-10-19(14)13-16(17)11-15-7-4-3-5-8-15/h3-5,7-8,14,16H,6,9-13,17H2,1-2H3. The zero-order chi connectivity index (χ0) is 13.7. The molecule has 1 aromatic carbocycles. The number of nitrogens with zero attached hydrogens (tertiary/aromatic N) is 2. The van der Waals surface area contributed by atoms with E-state index in [4.69, 9.17) is 5.73 Å². The van der Waals surface area contributed by atoms with Crippen molar-refractivity contribution in [2.24, 2.45) is 5.73 Å². The molecule has 19 heavy (non-hydrogen) atoms. The van der Waals surface area contributed by atoms with Crippen LogP contribution in [-0.4, -0.2) is 55.1 Å². The monoisotopic (exact) mass is 261 g/mol. The minimum Gasteiger partial charge on any atom is -0.326 e. The Balaban J connectivity index is 1.85. The predicted octanol–water partition coefficient (Wildman–Crippen LogP) is 1.58. The van der Waals surface area contributed by atoms with Gasteiger partial charge in [0.2, 0.25) is 0 Å². The molecule has 1 saturated heterocycles. The fraction of sp³-hybridized carbons (Fsp3) is 0.625. The Kier molecular flexibility index (Phi) is 5.37. The summed E-state index contributed by atoms with van der Waals surface area (Å²) in [6.07, 6.45) is 2.22. The normalized spacial score (nSPS) is 24.1. The maximum Gasteiger partial charge on any atom is 0.0208 e. The lowest BCUT2D eigenvalue weighted by Crippen LogP contribution is -2.45. The van der Waals surface area contributed by atoms with Gasteiger partial charge in [-0.15, -0.1) is 0 Å². The molecule has 0 spiro atoms. The third-order valence-corrected chi connectivity index (χ3v) is 3.99. The molecule has 1 aromatic rings. The van der Waals surface area contributed by atoms with Gasteiger partial charge in [-0.3, -0.25) is 4.90 Å². The third-order valence-electron chi connectivity index (χ3n) is 3.99. The topological polar surface area (TPSA) is 32.5 Å². The second kappa shape index (κ2) is 7.04. The second-order valence-corrected chi connectivity index (χ2v) is 5.91. The van der Waals surface area contributed by atoms with Gasteiger partial charge in [-0.1, -0.05) is 30.3 Å². The summed E-state index contributed by atoms with van der Waals surface area (Å²) in [5, 5.41) is 0. The minimum atomic E-state index is 0.230. The number of hydrogen-bond acceptors (Lipinski definition) is 3. The number of rotatable bonds is 4. The van der Waals surface area contributed by atoms with Crippen LogP contribution in [-0.2, 0) is 6.42 Å². The number of benzene rings is 1. The van der Waals surface area contributed by atoms with Crippen molar-refractivity contribution in [2.75, 3.05) is 33.2 Å². The van der Waals surface area contributed by atoms with Crippen LogP contribution in [0.25, 0.3) is 0 Å². The number of likely N-dealkylation sites (N-methyl/N-ethyl adjacent to an activating group) is 1. The molecular formula is C16H27N3. The Bertz CT molecular complexity index is 366. The van der Waals surface area contributed by atoms with E-state index in [-0.39, 0.29) is 6.04 Å². The molecule has 2 atom stereocenters. The van der Waals surface area contributed by atoms with Gasteiger partial charge >= 0.3 is 0 Å². The van der Waals surface area contributed by atoms with E-state index in [0.29, 0.717) is 6.04 Å². The van der Waals surface area contributed by atoms with Gasteiger partial charge < -0.3 is 10.6 Å². The summed E-state index contributed by atoms with van der Waals surface area (Å²) in [5.74, 6) is 0. The summed E-state index contributed by atoms with van der Waals surface area (Å²) >= 11 is 0. The Morgan fingerprint density at radius 3 is 2.74 bits per heavy atom. The molecule has 1 heterocycles. The number of hydrogen-bond donors (Lipinski definition) is 1. The van der Waals surface area contributed by atoms with Crippen molar-refractivity contribution in [1.82, 2.24) is 9.80 Å². The van der Waals surface area contributed by atoms with Gasteiger partial charge in [-0.05, 0) is 45.5 Å². The zero-order valence-corrected chi connectivity index (χ0v) is 12.3. The summed E-state index contributed by atoms with van der Waals surface area (Å²) in [6.45, 7) is 6.85. The first-order valence-corrected chi connectivity index (χ1v) is 7.37. The Morgan fingerprint density at radius 2 is 2.00 bits per heavy atom.